The first-order chi connectivity index (χ1) is 32.6. The lowest BCUT2D eigenvalue weighted by molar-refractivity contribution is 1.02. The van der Waals surface area contributed by atoms with Gasteiger partial charge < -0.3 is 0 Å². The van der Waals surface area contributed by atoms with Crippen LogP contribution in [0.1, 0.15) is 41.4 Å². The molecular formula is C60H48N6. The van der Waals surface area contributed by atoms with Gasteiger partial charge in [-0.25, -0.2) is 24.9 Å². The van der Waals surface area contributed by atoms with Crippen LogP contribution >= 0.6 is 0 Å². The lowest BCUT2D eigenvalue weighted by atomic mass is 9.84. The van der Waals surface area contributed by atoms with E-state index < -0.39 is 0 Å². The first-order valence-electron chi connectivity index (χ1n) is 22.1. The summed E-state index contributed by atoms with van der Waals surface area (Å²) in [6.07, 6.45) is 16.0. The molecule has 1 heterocycles. The second kappa shape index (κ2) is 20.4. The van der Waals surface area contributed by atoms with Crippen molar-refractivity contribution >= 4 is 56.7 Å². The summed E-state index contributed by atoms with van der Waals surface area (Å²) in [6.45, 7) is 10.7. The van der Waals surface area contributed by atoms with Gasteiger partial charge in [-0.15, -0.1) is 0 Å². The van der Waals surface area contributed by atoms with Gasteiger partial charge in [0.15, 0.2) is 23.3 Å². The molecule has 0 saturated heterocycles. The third-order valence-electron chi connectivity index (χ3n) is 11.6. The lowest BCUT2D eigenvalue weighted by Gasteiger charge is -2.19. The summed E-state index contributed by atoms with van der Waals surface area (Å²) in [5.41, 5.74) is 10.3. The van der Waals surface area contributed by atoms with E-state index in [4.69, 9.17) is 24.9 Å². The predicted octanol–water partition coefficient (Wildman–Crippen LogP) is 14.4. The molecule has 0 atom stereocenters. The summed E-state index contributed by atoms with van der Waals surface area (Å²) in [7, 11) is 0. The van der Waals surface area contributed by atoms with Gasteiger partial charge in [-0.05, 0) is 75.0 Å². The van der Waals surface area contributed by atoms with Gasteiger partial charge >= 0.3 is 0 Å². The number of fused-ring (bicyclic) bond motifs is 3. The highest BCUT2D eigenvalue weighted by Gasteiger charge is 2.20. The van der Waals surface area contributed by atoms with E-state index in [1.165, 1.54) is 10.8 Å². The predicted molar refractivity (Wildman–Crippen MR) is 279 cm³/mol. The number of aliphatic imine (C=N–C) groups is 3. The number of allylic oxidation sites excluding steroid dienone is 9. The fourth-order valence-corrected chi connectivity index (χ4v) is 8.27. The van der Waals surface area contributed by atoms with Crippen molar-refractivity contribution in [2.24, 2.45) is 15.0 Å². The highest BCUT2D eigenvalue weighted by atomic mass is 15.0. The van der Waals surface area contributed by atoms with Crippen LogP contribution in [0.25, 0.3) is 61.0 Å². The van der Waals surface area contributed by atoms with Gasteiger partial charge in [-0.2, -0.15) is 0 Å². The molecule has 6 heteroatoms. The molecule has 0 bridgehead atoms. The molecule has 9 rings (SSSR count). The Bertz CT molecular complexity index is 3230. The van der Waals surface area contributed by atoms with Crippen LogP contribution in [0.2, 0.25) is 0 Å². The van der Waals surface area contributed by atoms with Crippen LogP contribution in [0, 0.1) is 0 Å². The quantitative estimate of drug-likeness (QED) is 0.0532. The normalized spacial score (nSPS) is 13.6. The van der Waals surface area contributed by atoms with E-state index in [2.05, 4.69) is 134 Å². The van der Waals surface area contributed by atoms with Crippen molar-refractivity contribution in [1.29, 1.82) is 0 Å². The van der Waals surface area contributed by atoms with Crippen molar-refractivity contribution < 1.29 is 0 Å². The second-order valence-corrected chi connectivity index (χ2v) is 15.9. The monoisotopic (exact) mass is 852 g/mol. The minimum atomic E-state index is 0.449. The Balaban J connectivity index is 1.17. The Labute approximate surface area is 386 Å². The van der Waals surface area contributed by atoms with Crippen molar-refractivity contribution in [3.8, 4) is 22.8 Å². The largest absolute Gasteiger partial charge is 0.261 e. The minimum absolute atomic E-state index is 0.449. The fraction of sp³-hybridized carbons (Fsp3) is 0.0667. The van der Waals surface area contributed by atoms with Crippen LogP contribution in [0.15, 0.2) is 240 Å². The van der Waals surface area contributed by atoms with Crippen molar-refractivity contribution in [3.05, 3.63) is 253 Å². The maximum atomic E-state index is 5.06. The van der Waals surface area contributed by atoms with Gasteiger partial charge in [-0.1, -0.05) is 219 Å². The Kier molecular flexibility index (Phi) is 13.2. The Morgan fingerprint density at radius 2 is 1.12 bits per heavy atom. The van der Waals surface area contributed by atoms with Gasteiger partial charge in [0.2, 0.25) is 0 Å². The molecule has 0 aliphatic heterocycles. The summed E-state index contributed by atoms with van der Waals surface area (Å²) in [5, 5.41) is 4.70. The molecule has 0 N–H and O–H groups in total. The fourth-order valence-electron chi connectivity index (χ4n) is 8.27. The van der Waals surface area contributed by atoms with Crippen molar-refractivity contribution in [2.75, 3.05) is 0 Å². The van der Waals surface area contributed by atoms with Crippen LogP contribution in [0.4, 0.5) is 0 Å². The average Bonchev–Trinajstić information content (AvgIpc) is 3.64. The molecule has 0 saturated carbocycles. The van der Waals surface area contributed by atoms with E-state index in [0.29, 0.717) is 48.5 Å². The zero-order valence-electron chi connectivity index (χ0n) is 36.9. The van der Waals surface area contributed by atoms with Crippen LogP contribution in [-0.2, 0) is 13.0 Å². The average molecular weight is 853 g/mol. The van der Waals surface area contributed by atoms with E-state index in [0.717, 1.165) is 66.4 Å². The molecule has 318 valence electrons. The molecule has 8 aromatic rings. The molecule has 1 aliphatic rings. The molecule has 0 unspecified atom stereocenters. The zero-order chi connectivity index (χ0) is 45.1. The standard InChI is InChI=1S/C60H48N6/c1-4-45(57(62-41-44-24-11-6-12-25-44)63-54(61-3)40-43-22-9-5-10-23-43)37-36-42(2)55-52-34-19-17-32-50(52)51-33-18-20-35-53(51)56(55)46-30-21-31-49(39-38-46)60-65-58(47-26-13-7-14-27-47)64-59(66-60)48-28-15-8-16-29-48/h4-30,32-39H,1,3,31,40-41H2,2H3/b42-36+,45-37+,62-57-,63-54-. The van der Waals surface area contributed by atoms with Crippen molar-refractivity contribution in [1.82, 2.24) is 15.0 Å². The minimum Gasteiger partial charge on any atom is -0.261 e. The maximum Gasteiger partial charge on any atom is 0.164 e. The molecule has 0 fully saturated rings. The first-order valence-corrected chi connectivity index (χ1v) is 22.1. The molecule has 1 aromatic heterocycles. The van der Waals surface area contributed by atoms with E-state index >= 15 is 0 Å². The van der Waals surface area contributed by atoms with Gasteiger partial charge in [-0.3, -0.25) is 4.99 Å². The van der Waals surface area contributed by atoms with Gasteiger partial charge in [0.25, 0.3) is 0 Å². The van der Waals surface area contributed by atoms with E-state index in [9.17, 15) is 0 Å². The third kappa shape index (κ3) is 9.69. The van der Waals surface area contributed by atoms with Crippen molar-refractivity contribution in [2.45, 2.75) is 26.3 Å². The van der Waals surface area contributed by atoms with Crippen LogP contribution in [-0.4, -0.2) is 33.3 Å². The third-order valence-corrected chi connectivity index (χ3v) is 11.6. The smallest absolute Gasteiger partial charge is 0.164 e. The summed E-state index contributed by atoms with van der Waals surface area (Å²) >= 11 is 0. The molecule has 0 spiro atoms. The summed E-state index contributed by atoms with van der Waals surface area (Å²) in [6, 6.07) is 57.9. The number of amidine groups is 2. The second-order valence-electron chi connectivity index (χ2n) is 15.9. The highest BCUT2D eigenvalue weighted by molar-refractivity contribution is 6.18. The van der Waals surface area contributed by atoms with Crippen LogP contribution in [0.3, 0.4) is 0 Å². The molecule has 66 heavy (non-hydrogen) atoms. The Morgan fingerprint density at radius 3 is 1.73 bits per heavy atom. The summed E-state index contributed by atoms with van der Waals surface area (Å²) in [4.78, 5) is 29.5. The molecular weight excluding hydrogens is 805 g/mol. The highest BCUT2D eigenvalue weighted by Crippen LogP contribution is 2.41. The van der Waals surface area contributed by atoms with Crippen LogP contribution in [0.5, 0.6) is 0 Å². The number of benzene rings is 7. The lowest BCUT2D eigenvalue weighted by Crippen LogP contribution is -2.07. The first kappa shape index (κ1) is 42.8. The maximum absolute atomic E-state index is 5.06. The van der Waals surface area contributed by atoms with E-state index in [-0.39, 0.29) is 0 Å². The Morgan fingerprint density at radius 1 is 0.591 bits per heavy atom. The number of hydrogen-bond acceptors (Lipinski definition) is 4. The van der Waals surface area contributed by atoms with Gasteiger partial charge in [0.1, 0.15) is 5.84 Å². The van der Waals surface area contributed by atoms with Gasteiger partial charge in [0, 0.05) is 28.7 Å². The van der Waals surface area contributed by atoms with Gasteiger partial charge in [0.05, 0.1) is 6.54 Å². The summed E-state index contributed by atoms with van der Waals surface area (Å²) in [5.74, 6) is 3.04. The number of hydrogen-bond donors (Lipinski definition) is 0. The molecule has 0 amide bonds. The number of aromatic nitrogens is 3. The molecule has 7 aromatic carbocycles. The number of nitrogens with zero attached hydrogens (tertiary/aromatic N) is 6. The topological polar surface area (TPSA) is 75.8 Å². The van der Waals surface area contributed by atoms with E-state index in [1.807, 2.05) is 103 Å². The zero-order valence-corrected chi connectivity index (χ0v) is 36.9. The van der Waals surface area contributed by atoms with Crippen LogP contribution < -0.4 is 0 Å². The van der Waals surface area contributed by atoms with Crippen molar-refractivity contribution in [3.63, 3.8) is 0 Å². The Hall–Kier alpha value is -8.48. The van der Waals surface area contributed by atoms with E-state index in [1.54, 1.807) is 0 Å². The number of rotatable bonds is 12. The molecule has 0 radical (unpaired) electrons. The molecule has 1 aliphatic carbocycles. The summed E-state index contributed by atoms with van der Waals surface area (Å²) < 4.78 is 0. The molecule has 6 nitrogen and oxygen atoms in total. The SMILES string of the molecule is C=CC(=C\C=C(/C)c1c(C2=CC=C(c3nc(-c4ccccc4)nc(-c4ccccc4)n3)CC=C2)c2ccccc2c2ccccc12)/C(/N=C(/Cc1ccccc1)N=C)=N/Cc1ccccc1.